The molecule has 1 aromatic heterocycles. The van der Waals surface area contributed by atoms with Crippen LogP contribution < -0.4 is 16.0 Å². The summed E-state index contributed by atoms with van der Waals surface area (Å²) in [7, 11) is 0. The number of benzene rings is 1. The van der Waals surface area contributed by atoms with Gasteiger partial charge in [-0.05, 0) is 43.2 Å². The van der Waals surface area contributed by atoms with Gasteiger partial charge in [-0.15, -0.1) is 0 Å². The number of aromatic nitrogens is 1. The van der Waals surface area contributed by atoms with E-state index in [0.29, 0.717) is 17.1 Å². The molecule has 26 heavy (non-hydrogen) atoms. The fraction of sp³-hybridized carbons (Fsp3) is 0.316. The molecular weight excluding hydrogens is 332 g/mol. The molecule has 0 bridgehead atoms. The third-order valence-electron chi connectivity index (χ3n) is 3.99. The molecule has 136 valence electrons. The lowest BCUT2D eigenvalue weighted by Gasteiger charge is -2.12. The minimum atomic E-state index is -0.310. The lowest BCUT2D eigenvalue weighted by Crippen LogP contribution is -2.19. The van der Waals surface area contributed by atoms with E-state index in [-0.39, 0.29) is 17.9 Å². The van der Waals surface area contributed by atoms with E-state index in [4.69, 9.17) is 4.74 Å². The molecule has 1 unspecified atom stereocenters. The molecule has 1 atom stereocenters. The summed E-state index contributed by atoms with van der Waals surface area (Å²) in [4.78, 5) is 27.6. The Labute approximate surface area is 152 Å². The first-order chi connectivity index (χ1) is 12.6. The van der Waals surface area contributed by atoms with E-state index in [2.05, 4.69) is 20.9 Å². The zero-order valence-electron chi connectivity index (χ0n) is 14.6. The second-order valence-electron chi connectivity index (χ2n) is 6.16. The van der Waals surface area contributed by atoms with Crippen LogP contribution in [0.25, 0.3) is 0 Å². The van der Waals surface area contributed by atoms with Crippen LogP contribution in [0.2, 0.25) is 0 Å². The molecule has 1 saturated heterocycles. The first-order valence-electron chi connectivity index (χ1n) is 8.61. The molecule has 3 N–H and O–H groups in total. The summed E-state index contributed by atoms with van der Waals surface area (Å²) in [6, 6.07) is 10.4. The van der Waals surface area contributed by atoms with Gasteiger partial charge in [-0.1, -0.05) is 6.07 Å². The van der Waals surface area contributed by atoms with Crippen LogP contribution in [-0.2, 0) is 9.53 Å². The zero-order chi connectivity index (χ0) is 18.4. The Kier molecular flexibility index (Phi) is 5.80. The van der Waals surface area contributed by atoms with Crippen LogP contribution in [0.4, 0.5) is 17.1 Å². The Balaban J connectivity index is 1.56. The van der Waals surface area contributed by atoms with Crippen LogP contribution in [0.5, 0.6) is 0 Å². The number of nitrogens with zero attached hydrogens (tertiary/aromatic N) is 1. The highest BCUT2D eigenvalue weighted by Gasteiger charge is 2.15. The second kappa shape index (κ2) is 8.44. The predicted molar refractivity (Wildman–Crippen MR) is 100 cm³/mol. The largest absolute Gasteiger partial charge is 0.381 e. The summed E-state index contributed by atoms with van der Waals surface area (Å²) >= 11 is 0. The summed E-state index contributed by atoms with van der Waals surface area (Å²) in [6.07, 6.45) is 4.05. The molecule has 2 aromatic rings. The second-order valence-corrected chi connectivity index (χ2v) is 6.16. The van der Waals surface area contributed by atoms with Gasteiger partial charge in [0.05, 0.1) is 18.0 Å². The van der Waals surface area contributed by atoms with Gasteiger partial charge in [0.15, 0.2) is 0 Å². The number of pyridine rings is 1. The summed E-state index contributed by atoms with van der Waals surface area (Å²) in [6.45, 7) is 3.00. The molecule has 0 saturated carbocycles. The van der Waals surface area contributed by atoms with Crippen molar-refractivity contribution in [1.29, 1.82) is 0 Å². The maximum atomic E-state index is 12.3. The van der Waals surface area contributed by atoms with Crippen LogP contribution >= 0.6 is 0 Å². The highest BCUT2D eigenvalue weighted by Crippen LogP contribution is 2.17. The molecule has 0 aliphatic carbocycles. The highest BCUT2D eigenvalue weighted by atomic mass is 16.5. The van der Waals surface area contributed by atoms with Crippen LogP contribution in [0.1, 0.15) is 30.3 Å². The molecule has 3 rings (SSSR count). The minimum Gasteiger partial charge on any atom is -0.381 e. The number of ether oxygens (including phenoxy) is 1. The fourth-order valence-corrected chi connectivity index (χ4v) is 2.74. The van der Waals surface area contributed by atoms with Crippen molar-refractivity contribution in [1.82, 2.24) is 4.98 Å². The Bertz CT molecular complexity index is 771. The fourth-order valence-electron chi connectivity index (χ4n) is 2.74. The first kappa shape index (κ1) is 17.9. The average molecular weight is 354 g/mol. The lowest BCUT2D eigenvalue weighted by molar-refractivity contribution is -0.114. The SMILES string of the molecule is CC(=O)Nc1cccc(NC(=O)c2ccc(NCC3CCCO3)cn2)c1. The molecular formula is C19H22N4O3. The standard InChI is InChI=1S/C19H22N4O3/c1-13(24)22-14-4-2-5-15(10-14)23-19(25)18-8-7-16(11-21-18)20-12-17-6-3-9-26-17/h2,4-5,7-8,10-11,17,20H,3,6,9,12H2,1H3,(H,22,24)(H,23,25). The van der Waals surface area contributed by atoms with E-state index in [1.54, 1.807) is 36.5 Å². The number of anilines is 3. The zero-order valence-corrected chi connectivity index (χ0v) is 14.6. The van der Waals surface area contributed by atoms with Crippen molar-refractivity contribution >= 4 is 28.9 Å². The van der Waals surface area contributed by atoms with E-state index in [1.165, 1.54) is 6.92 Å². The average Bonchev–Trinajstić information content (AvgIpc) is 3.14. The van der Waals surface area contributed by atoms with Crippen LogP contribution in [0.15, 0.2) is 42.6 Å². The van der Waals surface area contributed by atoms with Gasteiger partial charge >= 0.3 is 0 Å². The van der Waals surface area contributed by atoms with Crippen molar-refractivity contribution in [3.8, 4) is 0 Å². The van der Waals surface area contributed by atoms with Crippen molar-refractivity contribution in [2.75, 3.05) is 29.1 Å². The molecule has 1 aliphatic rings. The highest BCUT2D eigenvalue weighted by molar-refractivity contribution is 6.03. The molecule has 2 heterocycles. The van der Waals surface area contributed by atoms with E-state index in [0.717, 1.165) is 31.7 Å². The van der Waals surface area contributed by atoms with Crippen molar-refractivity contribution in [3.05, 3.63) is 48.3 Å². The minimum absolute atomic E-state index is 0.166. The van der Waals surface area contributed by atoms with Gasteiger partial charge in [-0.25, -0.2) is 4.98 Å². The predicted octanol–water partition coefficient (Wildman–Crippen LogP) is 2.88. The lowest BCUT2D eigenvalue weighted by atomic mass is 10.2. The molecule has 7 heteroatoms. The van der Waals surface area contributed by atoms with Crippen LogP contribution in [0, 0.1) is 0 Å². The topological polar surface area (TPSA) is 92.4 Å². The first-order valence-corrected chi connectivity index (χ1v) is 8.61. The third kappa shape index (κ3) is 5.03. The van der Waals surface area contributed by atoms with E-state index in [9.17, 15) is 9.59 Å². The number of hydrogen-bond donors (Lipinski definition) is 3. The monoisotopic (exact) mass is 354 g/mol. The van der Waals surface area contributed by atoms with Crippen molar-refractivity contribution in [3.63, 3.8) is 0 Å². The molecule has 1 aromatic carbocycles. The molecule has 1 aliphatic heterocycles. The van der Waals surface area contributed by atoms with Gasteiger partial charge in [0.2, 0.25) is 5.91 Å². The Morgan fingerprint density at radius 1 is 1.15 bits per heavy atom. The number of rotatable bonds is 6. The van der Waals surface area contributed by atoms with E-state index >= 15 is 0 Å². The number of carbonyl (C=O) groups excluding carboxylic acids is 2. The van der Waals surface area contributed by atoms with Crippen molar-refractivity contribution < 1.29 is 14.3 Å². The molecule has 1 fully saturated rings. The van der Waals surface area contributed by atoms with Crippen molar-refractivity contribution in [2.45, 2.75) is 25.9 Å². The third-order valence-corrected chi connectivity index (χ3v) is 3.99. The number of amides is 2. The Morgan fingerprint density at radius 2 is 1.96 bits per heavy atom. The van der Waals surface area contributed by atoms with E-state index in [1.807, 2.05) is 6.07 Å². The van der Waals surface area contributed by atoms with Gasteiger partial charge < -0.3 is 20.7 Å². The van der Waals surface area contributed by atoms with Gasteiger partial charge in [-0.3, -0.25) is 9.59 Å². The van der Waals surface area contributed by atoms with Gasteiger partial charge in [-0.2, -0.15) is 0 Å². The van der Waals surface area contributed by atoms with Gasteiger partial charge in [0.25, 0.3) is 5.91 Å². The molecule has 2 amide bonds. The maximum absolute atomic E-state index is 12.3. The Morgan fingerprint density at radius 3 is 2.62 bits per heavy atom. The quantitative estimate of drug-likeness (QED) is 0.742. The van der Waals surface area contributed by atoms with E-state index < -0.39 is 0 Å². The molecule has 0 radical (unpaired) electrons. The number of carbonyl (C=O) groups is 2. The maximum Gasteiger partial charge on any atom is 0.274 e. The van der Waals surface area contributed by atoms with Crippen LogP contribution in [0.3, 0.4) is 0 Å². The summed E-state index contributed by atoms with van der Waals surface area (Å²) in [5.41, 5.74) is 2.38. The number of nitrogens with one attached hydrogen (secondary N) is 3. The van der Waals surface area contributed by atoms with Gasteiger partial charge in [0, 0.05) is 31.5 Å². The van der Waals surface area contributed by atoms with Crippen LogP contribution in [-0.4, -0.2) is 36.1 Å². The summed E-state index contributed by atoms with van der Waals surface area (Å²) < 4.78 is 5.56. The number of hydrogen-bond acceptors (Lipinski definition) is 5. The van der Waals surface area contributed by atoms with Crippen molar-refractivity contribution in [2.24, 2.45) is 0 Å². The Hall–Kier alpha value is -2.93. The summed E-state index contributed by atoms with van der Waals surface area (Å²) in [5.74, 6) is -0.475. The molecule has 0 spiro atoms. The molecule has 7 nitrogen and oxygen atoms in total. The normalized spacial score (nSPS) is 16.1. The van der Waals surface area contributed by atoms with Gasteiger partial charge in [0.1, 0.15) is 5.69 Å². The summed E-state index contributed by atoms with van der Waals surface area (Å²) in [5, 5.41) is 8.72. The smallest absolute Gasteiger partial charge is 0.274 e.